The van der Waals surface area contributed by atoms with Crippen LogP contribution in [-0.2, 0) is 33.2 Å². The number of carbonyl (C=O) groups is 1. The van der Waals surface area contributed by atoms with Gasteiger partial charge in [0.25, 0.3) is 0 Å². The van der Waals surface area contributed by atoms with Crippen LogP contribution < -0.4 is 5.32 Å². The van der Waals surface area contributed by atoms with Gasteiger partial charge in [-0.2, -0.15) is 0 Å². The number of unbranched alkanes of at least 4 members (excludes halogenated alkanes) is 35. The summed E-state index contributed by atoms with van der Waals surface area (Å²) in [4.78, 5) is 13.5. The van der Waals surface area contributed by atoms with E-state index in [4.69, 9.17) is 28.4 Å². The van der Waals surface area contributed by atoms with Crippen LogP contribution in [-0.4, -0.2) is 193 Å². The summed E-state index contributed by atoms with van der Waals surface area (Å²) >= 11 is 0. The van der Waals surface area contributed by atoms with Crippen molar-refractivity contribution in [3.63, 3.8) is 0 Å². The zero-order valence-corrected chi connectivity index (χ0v) is 68.2. The fraction of sp³-hybridized carbons (Fsp3) is 0.769. The predicted molar refractivity (Wildman–Crippen MR) is 443 cm³/mol. The van der Waals surface area contributed by atoms with Crippen LogP contribution in [0.5, 0.6) is 0 Å². The minimum absolute atomic E-state index is 0.233. The maximum Gasteiger partial charge on any atom is 0.220 e. The third kappa shape index (κ3) is 47.9. The van der Waals surface area contributed by atoms with Crippen LogP contribution in [0.1, 0.15) is 316 Å². The molecule has 0 aromatic rings. The van der Waals surface area contributed by atoms with Crippen LogP contribution in [0.15, 0.2) is 122 Å². The maximum absolute atomic E-state index is 13.5. The molecule has 0 aromatic heterocycles. The molecule has 3 heterocycles. The topological polar surface area (TPSA) is 307 Å². The molecule has 0 spiro atoms. The van der Waals surface area contributed by atoms with E-state index in [1.165, 1.54) is 173 Å². The van der Waals surface area contributed by atoms with Crippen LogP contribution in [0, 0.1) is 0 Å². The first-order valence-corrected chi connectivity index (χ1v) is 43.8. The van der Waals surface area contributed by atoms with Crippen LogP contribution in [0.4, 0.5) is 0 Å². The Morgan fingerprint density at radius 1 is 0.336 bits per heavy atom. The quantitative estimate of drug-likeness (QED) is 0.0199. The number of aliphatic hydroxyl groups excluding tert-OH is 11. The van der Waals surface area contributed by atoms with E-state index in [2.05, 4.69) is 129 Å². The van der Waals surface area contributed by atoms with E-state index in [-0.39, 0.29) is 18.9 Å². The molecule has 12 N–H and O–H groups in total. The van der Waals surface area contributed by atoms with Crippen molar-refractivity contribution in [1.82, 2.24) is 5.32 Å². The van der Waals surface area contributed by atoms with Gasteiger partial charge in [-0.05, 0) is 89.9 Å². The molecule has 0 aliphatic carbocycles. The minimum Gasteiger partial charge on any atom is -0.394 e. The molecule has 0 radical (unpaired) electrons. The molecule has 3 rings (SSSR count). The molecule has 3 aliphatic heterocycles. The number of nitrogens with one attached hydrogen (secondary N) is 1. The Balaban J connectivity index is 1.34. The molecular weight excluding hydrogens is 1390 g/mol. The van der Waals surface area contributed by atoms with Gasteiger partial charge < -0.3 is 89.9 Å². The third-order valence-electron chi connectivity index (χ3n) is 21.0. The molecule has 0 bridgehead atoms. The Morgan fingerprint density at radius 3 is 0.982 bits per heavy atom. The molecular formula is C91H157NO18. The third-order valence-corrected chi connectivity index (χ3v) is 21.0. The number of ether oxygens (including phenoxy) is 6. The second-order valence-electron chi connectivity index (χ2n) is 30.6. The highest BCUT2D eigenvalue weighted by atomic mass is 16.8. The van der Waals surface area contributed by atoms with E-state index in [1.807, 2.05) is 6.08 Å². The maximum atomic E-state index is 13.5. The van der Waals surface area contributed by atoms with E-state index < -0.39 is 124 Å². The Bertz CT molecular complexity index is 2460. The molecule has 0 aromatic carbocycles. The van der Waals surface area contributed by atoms with Crippen molar-refractivity contribution < 1.29 is 89.4 Å². The standard InChI is InChI=1S/C91H157NO18/c1-3-5-7-9-11-13-15-17-19-21-23-25-27-29-31-32-33-34-35-36-37-38-39-40-41-42-43-45-47-49-51-53-55-57-59-61-63-65-67-69-79(97)92-74(75(96)68-66-64-62-60-58-56-54-52-50-48-46-44-30-28-26-24-22-20-18-16-14-12-10-8-6-4-2)73-105-89-85(103)82(100)87(77(71-94)107-89)110-91-86(104)83(101)88(78(72-95)108-91)109-90-84(102)81(99)80(98)76(70-93)106-90/h5,7,11,13,17,19,23,25,29,31,33-34,36-37,39-40,42-43,66,68,74-78,80-91,93-96,98-104H,3-4,6,8-10,12,14-16,18,20-22,24,26-28,30,32,35,38,41,44-65,67,69-73H2,1-2H3,(H,92,97)/b7-5-,13-11-,19-17-,25-23-,31-29-,34-33-,37-36-,40-39-,43-42-,68-66+. The lowest BCUT2D eigenvalue weighted by molar-refractivity contribution is -0.379. The first-order chi connectivity index (χ1) is 53.8. The van der Waals surface area contributed by atoms with E-state index >= 15 is 0 Å². The molecule has 3 fully saturated rings. The van der Waals surface area contributed by atoms with Crippen molar-refractivity contribution in [2.24, 2.45) is 0 Å². The van der Waals surface area contributed by atoms with Gasteiger partial charge in [-0.25, -0.2) is 0 Å². The monoisotopic (exact) mass is 1550 g/mol. The lowest BCUT2D eigenvalue weighted by atomic mass is 9.96. The largest absolute Gasteiger partial charge is 0.394 e. The summed E-state index contributed by atoms with van der Waals surface area (Å²) in [6, 6.07) is -0.984. The fourth-order valence-corrected chi connectivity index (χ4v) is 14.1. The van der Waals surface area contributed by atoms with Gasteiger partial charge in [0.15, 0.2) is 18.9 Å². The van der Waals surface area contributed by atoms with Crippen molar-refractivity contribution in [3.05, 3.63) is 122 Å². The second-order valence-corrected chi connectivity index (χ2v) is 30.6. The number of amides is 1. The number of aliphatic hydroxyl groups is 11. The van der Waals surface area contributed by atoms with Gasteiger partial charge in [-0.1, -0.05) is 341 Å². The van der Waals surface area contributed by atoms with Crippen molar-refractivity contribution in [2.75, 3.05) is 26.4 Å². The molecule has 1 amide bonds. The van der Waals surface area contributed by atoms with Gasteiger partial charge >= 0.3 is 0 Å². The molecule has 3 aliphatic rings. The van der Waals surface area contributed by atoms with Crippen LogP contribution in [0.3, 0.4) is 0 Å². The zero-order valence-electron chi connectivity index (χ0n) is 68.2. The average Bonchev–Trinajstić information content (AvgIpc) is 0.780. The number of carbonyl (C=O) groups excluding carboxylic acids is 1. The average molecular weight is 1550 g/mol. The van der Waals surface area contributed by atoms with E-state index in [1.54, 1.807) is 6.08 Å². The summed E-state index contributed by atoms with van der Waals surface area (Å²) in [5, 5.41) is 121. The van der Waals surface area contributed by atoms with Crippen molar-refractivity contribution in [1.29, 1.82) is 0 Å². The van der Waals surface area contributed by atoms with Crippen molar-refractivity contribution >= 4 is 5.91 Å². The summed E-state index contributed by atoms with van der Waals surface area (Å²) in [6.45, 7) is 1.65. The summed E-state index contributed by atoms with van der Waals surface area (Å²) in [5.41, 5.74) is 0. The molecule has 634 valence electrons. The van der Waals surface area contributed by atoms with Crippen LogP contribution in [0.25, 0.3) is 0 Å². The van der Waals surface area contributed by atoms with Crippen molar-refractivity contribution in [2.45, 2.75) is 420 Å². The normalized spacial score (nSPS) is 25.8. The molecule has 3 saturated heterocycles. The van der Waals surface area contributed by atoms with Gasteiger partial charge in [0, 0.05) is 6.42 Å². The molecule has 110 heavy (non-hydrogen) atoms. The lowest BCUT2D eigenvalue weighted by Crippen LogP contribution is -2.66. The second kappa shape index (κ2) is 69.5. The highest BCUT2D eigenvalue weighted by Crippen LogP contribution is 2.33. The summed E-state index contributed by atoms with van der Waals surface area (Å²) in [6.07, 6.45) is 71.8. The van der Waals surface area contributed by atoms with Crippen LogP contribution >= 0.6 is 0 Å². The minimum atomic E-state index is -1.98. The SMILES string of the molecule is CC/C=C\C/C=C\C/C=C\C/C=C\C/C=C\C/C=C\C/C=C\C/C=C\C/C=C\CCCCCCCCCCCCCC(=O)NC(COC1OC(CO)C(OC2OC(CO)C(OC3OC(CO)C(O)C(O)C3O)C(O)C2O)C(O)C1O)C(O)/C=C/CCCCCCCCCCCCCCCCCCCCCCCCCC. The van der Waals surface area contributed by atoms with E-state index in [9.17, 15) is 61.0 Å². The predicted octanol–water partition coefficient (Wildman–Crippen LogP) is 16.2. The number of allylic oxidation sites excluding steroid dienone is 19. The van der Waals surface area contributed by atoms with E-state index in [0.717, 1.165) is 116 Å². The Labute approximate surface area is 665 Å². The molecule has 17 atom stereocenters. The first-order valence-electron chi connectivity index (χ1n) is 43.8. The number of hydrogen-bond acceptors (Lipinski definition) is 18. The van der Waals surface area contributed by atoms with Gasteiger partial charge in [-0.3, -0.25) is 4.79 Å². The molecule has 19 nitrogen and oxygen atoms in total. The number of rotatable bonds is 69. The van der Waals surface area contributed by atoms with Crippen LogP contribution in [0.2, 0.25) is 0 Å². The lowest BCUT2D eigenvalue weighted by Gasteiger charge is -2.48. The Kier molecular flexibility index (Phi) is 63.4. The fourth-order valence-electron chi connectivity index (χ4n) is 14.1. The first kappa shape index (κ1) is 100. The van der Waals surface area contributed by atoms with Gasteiger partial charge in [0.2, 0.25) is 5.91 Å². The Morgan fingerprint density at radius 2 is 0.627 bits per heavy atom. The highest BCUT2D eigenvalue weighted by molar-refractivity contribution is 5.76. The molecule has 0 saturated carbocycles. The molecule has 19 heteroatoms. The summed E-state index contributed by atoms with van der Waals surface area (Å²) < 4.78 is 34.5. The zero-order chi connectivity index (χ0) is 79.5. The summed E-state index contributed by atoms with van der Waals surface area (Å²) in [7, 11) is 0. The van der Waals surface area contributed by atoms with Gasteiger partial charge in [-0.15, -0.1) is 0 Å². The highest BCUT2D eigenvalue weighted by Gasteiger charge is 2.54. The van der Waals surface area contributed by atoms with Gasteiger partial charge in [0.1, 0.15) is 73.2 Å². The van der Waals surface area contributed by atoms with Gasteiger partial charge in [0.05, 0.1) is 38.6 Å². The molecule has 17 unspecified atom stereocenters. The number of hydrogen-bond donors (Lipinski definition) is 12. The summed E-state index contributed by atoms with van der Waals surface area (Å²) in [5.74, 6) is -0.280. The smallest absolute Gasteiger partial charge is 0.220 e. The van der Waals surface area contributed by atoms with Crippen molar-refractivity contribution in [3.8, 4) is 0 Å². The Hall–Kier alpha value is -3.81. The van der Waals surface area contributed by atoms with E-state index in [0.29, 0.717) is 6.42 Å².